The Morgan fingerprint density at radius 1 is 1.21 bits per heavy atom. The molecule has 0 spiro atoms. The number of aliphatic hydroxyl groups is 1. The SMILES string of the molecule is COCCCn1c(CN2CCCC[C@@H]2CCO)cnc1S(=O)(=O)C1CCCC1. The third kappa shape index (κ3) is 4.96. The lowest BCUT2D eigenvalue weighted by Crippen LogP contribution is -2.40. The molecule has 2 aliphatic rings. The molecule has 0 radical (unpaired) electrons. The summed E-state index contributed by atoms with van der Waals surface area (Å²) < 4.78 is 33.5. The molecule has 7 nitrogen and oxygen atoms in total. The molecular formula is C20H35N3O4S. The molecule has 1 aliphatic carbocycles. The third-order valence-corrected chi connectivity index (χ3v) is 8.39. The highest BCUT2D eigenvalue weighted by molar-refractivity contribution is 7.91. The molecule has 3 rings (SSSR count). The van der Waals surface area contributed by atoms with Crippen LogP contribution >= 0.6 is 0 Å². The van der Waals surface area contributed by atoms with Crippen molar-refractivity contribution < 1.29 is 18.3 Å². The molecular weight excluding hydrogens is 378 g/mol. The predicted octanol–water partition coefficient (Wildman–Crippen LogP) is 2.37. The zero-order valence-corrected chi connectivity index (χ0v) is 17.9. The van der Waals surface area contributed by atoms with Crippen LogP contribution < -0.4 is 0 Å². The molecule has 0 unspecified atom stereocenters. The average molecular weight is 414 g/mol. The van der Waals surface area contributed by atoms with Crippen molar-refractivity contribution in [2.45, 2.75) is 87.3 Å². The zero-order valence-electron chi connectivity index (χ0n) is 17.1. The first-order valence-electron chi connectivity index (χ1n) is 10.7. The second-order valence-corrected chi connectivity index (χ2v) is 10.2. The van der Waals surface area contributed by atoms with Gasteiger partial charge in [0.1, 0.15) is 0 Å². The van der Waals surface area contributed by atoms with Crippen molar-refractivity contribution in [1.29, 1.82) is 0 Å². The standard InChI is InChI=1S/C20H35N3O4S/c1-27-14-6-12-23-18(16-22-11-5-4-7-17(22)10-13-24)15-21-20(23)28(25,26)19-8-2-3-9-19/h15,17,19,24H,2-14,16H2,1H3/t17-/m1/s1. The number of hydrogen-bond acceptors (Lipinski definition) is 6. The Morgan fingerprint density at radius 3 is 2.68 bits per heavy atom. The molecule has 1 aromatic rings. The van der Waals surface area contributed by atoms with Crippen molar-refractivity contribution in [2.75, 3.05) is 26.9 Å². The maximum atomic E-state index is 13.2. The van der Waals surface area contributed by atoms with Gasteiger partial charge in [0.05, 0.1) is 17.1 Å². The van der Waals surface area contributed by atoms with Crippen molar-refractivity contribution in [2.24, 2.45) is 0 Å². The first-order valence-corrected chi connectivity index (χ1v) is 12.2. The summed E-state index contributed by atoms with van der Waals surface area (Å²) in [5.74, 6) is 0. The maximum Gasteiger partial charge on any atom is 0.228 e. The number of sulfone groups is 1. The van der Waals surface area contributed by atoms with Crippen molar-refractivity contribution in [1.82, 2.24) is 14.5 Å². The molecule has 0 bridgehead atoms. The minimum atomic E-state index is -3.40. The monoisotopic (exact) mass is 413 g/mol. The van der Waals surface area contributed by atoms with Gasteiger partial charge < -0.3 is 14.4 Å². The van der Waals surface area contributed by atoms with Crippen molar-refractivity contribution >= 4 is 9.84 Å². The van der Waals surface area contributed by atoms with E-state index in [0.29, 0.717) is 25.7 Å². The predicted molar refractivity (Wildman–Crippen MR) is 108 cm³/mol. The lowest BCUT2D eigenvalue weighted by Gasteiger charge is -2.35. The van der Waals surface area contributed by atoms with Gasteiger partial charge in [-0.05, 0) is 45.1 Å². The smallest absolute Gasteiger partial charge is 0.228 e. The largest absolute Gasteiger partial charge is 0.396 e. The van der Waals surface area contributed by atoms with Crippen LogP contribution in [-0.2, 0) is 27.7 Å². The van der Waals surface area contributed by atoms with Crippen LogP contribution in [0.3, 0.4) is 0 Å². The molecule has 2 heterocycles. The van der Waals surface area contributed by atoms with Crippen LogP contribution in [0.1, 0.15) is 63.5 Å². The molecule has 1 aromatic heterocycles. The summed E-state index contributed by atoms with van der Waals surface area (Å²) in [5, 5.41) is 9.34. The summed E-state index contributed by atoms with van der Waals surface area (Å²) in [6, 6.07) is 0.357. The fourth-order valence-corrected chi connectivity index (χ4v) is 6.62. The van der Waals surface area contributed by atoms with E-state index in [1.807, 2.05) is 4.57 Å². The van der Waals surface area contributed by atoms with Gasteiger partial charge in [-0.2, -0.15) is 0 Å². The molecule has 1 atom stereocenters. The van der Waals surface area contributed by atoms with Crippen LogP contribution in [0.15, 0.2) is 11.4 Å². The minimum Gasteiger partial charge on any atom is -0.396 e. The number of piperidine rings is 1. The normalized spacial score (nSPS) is 22.1. The van der Waals surface area contributed by atoms with Gasteiger partial charge in [0, 0.05) is 39.5 Å². The Kier molecular flexibility index (Phi) is 7.91. The molecule has 28 heavy (non-hydrogen) atoms. The molecule has 8 heteroatoms. The van der Waals surface area contributed by atoms with Crippen molar-refractivity contribution in [3.05, 3.63) is 11.9 Å². The minimum absolute atomic E-state index is 0.190. The van der Waals surface area contributed by atoms with Gasteiger partial charge in [0.15, 0.2) is 0 Å². The Balaban J connectivity index is 1.84. The molecule has 1 aliphatic heterocycles. The van der Waals surface area contributed by atoms with E-state index < -0.39 is 9.84 Å². The van der Waals surface area contributed by atoms with E-state index in [9.17, 15) is 13.5 Å². The maximum absolute atomic E-state index is 13.2. The van der Waals surface area contributed by atoms with Gasteiger partial charge in [-0.25, -0.2) is 13.4 Å². The van der Waals surface area contributed by atoms with E-state index in [4.69, 9.17) is 4.74 Å². The highest BCUT2D eigenvalue weighted by Crippen LogP contribution is 2.30. The van der Waals surface area contributed by atoms with Gasteiger partial charge in [-0.3, -0.25) is 4.90 Å². The number of hydrogen-bond donors (Lipinski definition) is 1. The average Bonchev–Trinajstić information content (AvgIpc) is 3.35. The molecule has 160 valence electrons. The molecule has 0 amide bonds. The summed E-state index contributed by atoms with van der Waals surface area (Å²) in [4.78, 5) is 6.79. The highest BCUT2D eigenvalue weighted by atomic mass is 32.2. The number of aromatic nitrogens is 2. The first kappa shape index (κ1) is 21.7. The highest BCUT2D eigenvalue weighted by Gasteiger charge is 2.35. The molecule has 1 saturated heterocycles. The Morgan fingerprint density at radius 2 is 1.96 bits per heavy atom. The van der Waals surface area contributed by atoms with E-state index in [1.165, 1.54) is 6.42 Å². The van der Waals surface area contributed by atoms with Gasteiger partial charge >= 0.3 is 0 Å². The van der Waals surface area contributed by atoms with Gasteiger partial charge in [0.25, 0.3) is 0 Å². The summed E-state index contributed by atoms with van der Waals surface area (Å²) in [6.45, 7) is 3.05. The molecule has 0 aromatic carbocycles. The van der Waals surface area contributed by atoms with Crippen LogP contribution in [0, 0.1) is 0 Å². The van der Waals surface area contributed by atoms with Gasteiger partial charge in [0.2, 0.25) is 15.0 Å². The lowest BCUT2D eigenvalue weighted by molar-refractivity contribution is 0.109. The Hall–Kier alpha value is -0.960. The number of aliphatic hydroxyl groups excluding tert-OH is 1. The van der Waals surface area contributed by atoms with Gasteiger partial charge in [-0.15, -0.1) is 0 Å². The topological polar surface area (TPSA) is 84.7 Å². The lowest BCUT2D eigenvalue weighted by atomic mass is 9.99. The van der Waals surface area contributed by atoms with Crippen LogP contribution in [0.25, 0.3) is 0 Å². The Labute approximate surface area is 169 Å². The number of methoxy groups -OCH3 is 1. The number of nitrogens with zero attached hydrogens (tertiary/aromatic N) is 3. The first-order chi connectivity index (χ1) is 13.6. The van der Waals surface area contributed by atoms with Crippen LogP contribution in [0.4, 0.5) is 0 Å². The van der Waals surface area contributed by atoms with Crippen LogP contribution in [0.2, 0.25) is 0 Å². The van der Waals surface area contributed by atoms with Crippen LogP contribution in [0.5, 0.6) is 0 Å². The van der Waals surface area contributed by atoms with E-state index in [2.05, 4.69) is 9.88 Å². The van der Waals surface area contributed by atoms with E-state index in [1.54, 1.807) is 13.3 Å². The number of ether oxygens (including phenoxy) is 1. The summed E-state index contributed by atoms with van der Waals surface area (Å²) in [7, 11) is -1.73. The second-order valence-electron chi connectivity index (χ2n) is 8.11. The molecule has 1 saturated carbocycles. The fourth-order valence-electron chi connectivity index (χ4n) is 4.65. The van der Waals surface area contributed by atoms with E-state index in [-0.39, 0.29) is 17.0 Å². The third-order valence-electron chi connectivity index (χ3n) is 6.20. The van der Waals surface area contributed by atoms with Crippen molar-refractivity contribution in [3.63, 3.8) is 0 Å². The van der Waals surface area contributed by atoms with Gasteiger partial charge in [-0.1, -0.05) is 19.3 Å². The molecule has 2 fully saturated rings. The zero-order chi connectivity index (χ0) is 20.0. The Bertz CT molecular complexity index is 711. The van der Waals surface area contributed by atoms with E-state index in [0.717, 1.165) is 63.6 Å². The van der Waals surface area contributed by atoms with E-state index >= 15 is 0 Å². The number of rotatable bonds is 10. The van der Waals surface area contributed by atoms with Crippen molar-refractivity contribution in [3.8, 4) is 0 Å². The number of likely N-dealkylation sites (tertiary alicyclic amines) is 1. The number of imidazole rings is 1. The molecule has 1 N–H and O–H groups in total. The summed E-state index contributed by atoms with van der Waals surface area (Å²) in [6.07, 6.45) is 10.2. The summed E-state index contributed by atoms with van der Waals surface area (Å²) in [5.41, 5.74) is 0.956. The quantitative estimate of drug-likeness (QED) is 0.593. The summed E-state index contributed by atoms with van der Waals surface area (Å²) >= 11 is 0. The second kappa shape index (κ2) is 10.2. The van der Waals surface area contributed by atoms with Crippen LogP contribution in [-0.4, -0.2) is 66.1 Å². The fraction of sp³-hybridized carbons (Fsp3) is 0.850.